The van der Waals surface area contributed by atoms with E-state index in [0.717, 1.165) is 30.5 Å². The lowest BCUT2D eigenvalue weighted by molar-refractivity contribution is 0.0812. The van der Waals surface area contributed by atoms with E-state index in [1.807, 2.05) is 23.2 Å². The Morgan fingerprint density at radius 1 is 1.10 bits per heavy atom. The van der Waals surface area contributed by atoms with Crippen LogP contribution in [0.2, 0.25) is 5.02 Å². The molecule has 1 aliphatic carbocycles. The monoisotopic (exact) mass is 547 g/mol. The minimum atomic E-state index is -0.518. The standard InChI is InChI=1S/C29H27ClFN5O3/c1-39-29(38)34-14-21(13-18-5-9-23(31)10-6-18)27-25(17-34)26(32-36(27)24-11-7-22(30)8-12-24)28(37)33-35-15-19-3-2-4-20(19)16-35/h3,5-13,20H,2,4,14-17H2,1H3,(H,33,37). The van der Waals surface area contributed by atoms with Gasteiger partial charge in [-0.1, -0.05) is 35.4 Å². The molecule has 1 saturated heterocycles. The SMILES string of the molecule is COC(=O)N1CC(=Cc2ccc(F)cc2)c2c(c(C(=O)NN3CC4=CCCC4C3)nn2-c2ccc(Cl)cc2)C1. The minimum absolute atomic E-state index is 0.146. The van der Waals surface area contributed by atoms with E-state index in [9.17, 15) is 14.0 Å². The lowest BCUT2D eigenvalue weighted by atomic mass is 9.97. The van der Waals surface area contributed by atoms with Crippen LogP contribution in [0.5, 0.6) is 0 Å². The van der Waals surface area contributed by atoms with Gasteiger partial charge >= 0.3 is 6.09 Å². The quantitative estimate of drug-likeness (QED) is 0.461. The molecule has 1 atom stereocenters. The van der Waals surface area contributed by atoms with E-state index in [2.05, 4.69) is 11.5 Å². The molecule has 3 aliphatic rings. The van der Waals surface area contributed by atoms with Crippen LogP contribution in [0.1, 0.15) is 40.2 Å². The highest BCUT2D eigenvalue weighted by Gasteiger charge is 2.36. The zero-order chi connectivity index (χ0) is 27.1. The molecule has 0 bridgehead atoms. The summed E-state index contributed by atoms with van der Waals surface area (Å²) in [5, 5.41) is 7.28. The van der Waals surface area contributed by atoms with Gasteiger partial charge in [0.25, 0.3) is 5.91 Å². The van der Waals surface area contributed by atoms with Crippen molar-refractivity contribution in [2.24, 2.45) is 5.92 Å². The molecule has 0 radical (unpaired) electrons. The molecular weight excluding hydrogens is 521 g/mol. The van der Waals surface area contributed by atoms with Gasteiger partial charge in [0.15, 0.2) is 5.69 Å². The smallest absolute Gasteiger partial charge is 0.410 e. The molecule has 6 rings (SSSR count). The number of fused-ring (bicyclic) bond motifs is 2. The molecule has 2 amide bonds. The van der Waals surface area contributed by atoms with Gasteiger partial charge in [-0.25, -0.2) is 18.9 Å². The number of nitrogens with one attached hydrogen (secondary N) is 1. The third kappa shape index (κ3) is 4.95. The van der Waals surface area contributed by atoms with E-state index in [1.165, 1.54) is 29.7 Å². The Balaban J connectivity index is 1.45. The van der Waals surface area contributed by atoms with Gasteiger partial charge in [-0.15, -0.1) is 0 Å². The number of methoxy groups -OCH3 is 1. The van der Waals surface area contributed by atoms with Crippen molar-refractivity contribution >= 4 is 35.3 Å². The number of allylic oxidation sites excluding steroid dienone is 1. The van der Waals surface area contributed by atoms with Crippen LogP contribution in [0.3, 0.4) is 0 Å². The number of carbonyl (C=O) groups excluding carboxylic acids is 2. The Morgan fingerprint density at radius 2 is 1.87 bits per heavy atom. The highest BCUT2D eigenvalue weighted by molar-refractivity contribution is 6.30. The van der Waals surface area contributed by atoms with E-state index in [0.29, 0.717) is 34.4 Å². The molecule has 1 fully saturated rings. The third-order valence-electron chi connectivity index (χ3n) is 7.45. The highest BCUT2D eigenvalue weighted by atomic mass is 35.5. The van der Waals surface area contributed by atoms with Crippen LogP contribution in [-0.4, -0.2) is 58.4 Å². The van der Waals surface area contributed by atoms with Crippen molar-refractivity contribution in [3.63, 3.8) is 0 Å². The largest absolute Gasteiger partial charge is 0.453 e. The van der Waals surface area contributed by atoms with Gasteiger partial charge in [0.2, 0.25) is 0 Å². The fraction of sp³-hybridized carbons (Fsp3) is 0.276. The molecule has 200 valence electrons. The van der Waals surface area contributed by atoms with Crippen molar-refractivity contribution in [2.45, 2.75) is 19.4 Å². The molecule has 1 aromatic heterocycles. The van der Waals surface area contributed by atoms with Crippen molar-refractivity contribution in [1.82, 2.24) is 25.1 Å². The summed E-state index contributed by atoms with van der Waals surface area (Å²) < 4.78 is 20.3. The van der Waals surface area contributed by atoms with Gasteiger partial charge in [-0.2, -0.15) is 5.10 Å². The Morgan fingerprint density at radius 3 is 2.59 bits per heavy atom. The predicted molar refractivity (Wildman–Crippen MR) is 146 cm³/mol. The number of nitrogens with zero attached hydrogens (tertiary/aromatic N) is 4. The van der Waals surface area contributed by atoms with Crippen LogP contribution in [-0.2, 0) is 11.3 Å². The van der Waals surface area contributed by atoms with Crippen molar-refractivity contribution in [3.05, 3.63) is 93.5 Å². The van der Waals surface area contributed by atoms with Crippen LogP contribution >= 0.6 is 11.6 Å². The van der Waals surface area contributed by atoms with E-state index < -0.39 is 6.09 Å². The molecule has 1 unspecified atom stereocenters. The van der Waals surface area contributed by atoms with Gasteiger partial charge in [0, 0.05) is 23.7 Å². The van der Waals surface area contributed by atoms with Crippen molar-refractivity contribution in [1.29, 1.82) is 0 Å². The summed E-state index contributed by atoms with van der Waals surface area (Å²) >= 11 is 6.15. The first-order valence-electron chi connectivity index (χ1n) is 12.8. The van der Waals surface area contributed by atoms with Crippen molar-refractivity contribution in [2.75, 3.05) is 26.7 Å². The first-order valence-corrected chi connectivity index (χ1v) is 13.2. The summed E-state index contributed by atoms with van der Waals surface area (Å²) in [6.45, 7) is 1.83. The summed E-state index contributed by atoms with van der Waals surface area (Å²) in [6, 6.07) is 13.3. The number of halogens is 2. The van der Waals surface area contributed by atoms with Gasteiger partial charge in [-0.05, 0) is 72.4 Å². The average Bonchev–Trinajstić information content (AvgIpc) is 3.64. The second kappa shape index (κ2) is 10.3. The fourth-order valence-electron chi connectivity index (χ4n) is 5.60. The maximum atomic E-state index is 13.7. The van der Waals surface area contributed by atoms with E-state index in [-0.39, 0.29) is 30.5 Å². The number of amides is 2. The molecule has 3 aromatic rings. The van der Waals surface area contributed by atoms with Crippen LogP contribution in [0, 0.1) is 11.7 Å². The maximum absolute atomic E-state index is 13.7. The lowest BCUT2D eigenvalue weighted by Crippen LogP contribution is -2.42. The molecule has 0 saturated carbocycles. The summed E-state index contributed by atoms with van der Waals surface area (Å²) in [5.74, 6) is -0.206. The van der Waals surface area contributed by atoms with Crippen LogP contribution in [0.25, 0.3) is 17.3 Å². The van der Waals surface area contributed by atoms with Gasteiger partial charge < -0.3 is 4.74 Å². The molecule has 2 aliphatic heterocycles. The van der Waals surface area contributed by atoms with Crippen LogP contribution in [0.4, 0.5) is 9.18 Å². The summed E-state index contributed by atoms with van der Waals surface area (Å²) in [7, 11) is 1.32. The number of benzene rings is 2. The second-order valence-electron chi connectivity index (χ2n) is 9.99. The molecule has 3 heterocycles. The summed E-state index contributed by atoms with van der Waals surface area (Å²) in [5.41, 5.74) is 8.13. The molecule has 0 spiro atoms. The third-order valence-corrected chi connectivity index (χ3v) is 7.70. The summed E-state index contributed by atoms with van der Waals surface area (Å²) in [4.78, 5) is 27.9. The molecule has 1 N–H and O–H groups in total. The number of hydrogen-bond donors (Lipinski definition) is 1. The normalized spacial score (nSPS) is 19.6. The Kier molecular flexibility index (Phi) is 6.70. The van der Waals surface area contributed by atoms with Gasteiger partial charge in [-0.3, -0.25) is 15.1 Å². The molecule has 2 aromatic carbocycles. The summed E-state index contributed by atoms with van der Waals surface area (Å²) in [6.07, 6.45) is 5.81. The predicted octanol–water partition coefficient (Wildman–Crippen LogP) is 5.08. The number of ether oxygens (including phenoxy) is 1. The van der Waals surface area contributed by atoms with Crippen LogP contribution in [0.15, 0.2) is 60.2 Å². The Labute approximate surface area is 230 Å². The first kappa shape index (κ1) is 25.3. The van der Waals surface area contributed by atoms with Crippen molar-refractivity contribution < 1.29 is 18.7 Å². The number of carbonyl (C=O) groups is 2. The average molecular weight is 548 g/mol. The second-order valence-corrected chi connectivity index (χ2v) is 10.4. The molecular formula is C29H27ClFN5O3. The molecule has 39 heavy (non-hydrogen) atoms. The number of rotatable bonds is 4. The first-order chi connectivity index (χ1) is 18.9. The Hall–Kier alpha value is -3.95. The maximum Gasteiger partial charge on any atom is 0.410 e. The zero-order valence-electron chi connectivity index (χ0n) is 21.4. The number of hydrogen-bond acceptors (Lipinski definition) is 5. The van der Waals surface area contributed by atoms with Gasteiger partial charge in [0.05, 0.1) is 31.6 Å². The van der Waals surface area contributed by atoms with Gasteiger partial charge in [0.1, 0.15) is 5.82 Å². The lowest BCUT2D eigenvalue weighted by Gasteiger charge is -2.29. The zero-order valence-corrected chi connectivity index (χ0v) is 22.1. The minimum Gasteiger partial charge on any atom is -0.453 e. The van der Waals surface area contributed by atoms with E-state index in [4.69, 9.17) is 21.4 Å². The number of aromatic nitrogens is 2. The molecule has 8 nitrogen and oxygen atoms in total. The van der Waals surface area contributed by atoms with Crippen LogP contribution < -0.4 is 5.43 Å². The van der Waals surface area contributed by atoms with E-state index in [1.54, 1.807) is 28.9 Å². The van der Waals surface area contributed by atoms with E-state index >= 15 is 0 Å². The number of hydrazine groups is 1. The topological polar surface area (TPSA) is 79.7 Å². The fourth-order valence-corrected chi connectivity index (χ4v) is 5.72. The van der Waals surface area contributed by atoms with Crippen molar-refractivity contribution in [3.8, 4) is 5.69 Å². The Bertz CT molecular complexity index is 1500. The molecule has 10 heteroatoms. The highest BCUT2D eigenvalue weighted by Crippen LogP contribution is 2.35.